The van der Waals surface area contributed by atoms with Crippen LogP contribution in [0.1, 0.15) is 29.6 Å². The summed E-state index contributed by atoms with van der Waals surface area (Å²) in [7, 11) is 0. The van der Waals surface area contributed by atoms with E-state index < -0.39 is 5.97 Å². The van der Waals surface area contributed by atoms with E-state index in [1.807, 2.05) is 30.3 Å². The van der Waals surface area contributed by atoms with Gasteiger partial charge in [0.25, 0.3) is 5.91 Å². The van der Waals surface area contributed by atoms with E-state index in [-0.39, 0.29) is 24.6 Å². The number of oxazole rings is 1. The molecule has 1 aromatic heterocycles. The Morgan fingerprint density at radius 2 is 1.95 bits per heavy atom. The van der Waals surface area contributed by atoms with E-state index in [0.29, 0.717) is 18.2 Å². The van der Waals surface area contributed by atoms with Crippen LogP contribution in [0.3, 0.4) is 0 Å². The summed E-state index contributed by atoms with van der Waals surface area (Å²) in [5.41, 5.74) is 1.02. The lowest BCUT2D eigenvalue weighted by atomic mass is 10.2. The average molecular weight is 302 g/mol. The number of carbonyl (C=O) groups is 2. The highest BCUT2D eigenvalue weighted by atomic mass is 16.4. The highest BCUT2D eigenvalue weighted by Crippen LogP contribution is 2.22. The minimum absolute atomic E-state index is 0.0952. The maximum atomic E-state index is 12.5. The lowest BCUT2D eigenvalue weighted by Gasteiger charge is -2.18. The molecule has 1 aromatic carbocycles. The first-order chi connectivity index (χ1) is 10.5. The predicted octanol–water partition coefficient (Wildman–Crippen LogP) is 2.59. The first kappa shape index (κ1) is 15.8. The molecular formula is C16H18N2O4. The minimum Gasteiger partial charge on any atom is -0.481 e. The molecule has 0 bridgehead atoms. The number of hydrogen-bond donors (Lipinski definition) is 1. The van der Waals surface area contributed by atoms with Crippen molar-refractivity contribution in [3.05, 3.63) is 41.8 Å². The maximum Gasteiger partial charge on any atom is 0.305 e. The quantitative estimate of drug-likeness (QED) is 0.886. The molecule has 2 aromatic rings. The molecule has 0 spiro atoms. The highest BCUT2D eigenvalue weighted by molar-refractivity contribution is 5.93. The van der Waals surface area contributed by atoms with Crippen LogP contribution < -0.4 is 0 Å². The second kappa shape index (κ2) is 6.89. The summed E-state index contributed by atoms with van der Waals surface area (Å²) in [5, 5.41) is 8.75. The number of aromatic nitrogens is 1. The molecular weight excluding hydrogens is 284 g/mol. The van der Waals surface area contributed by atoms with Gasteiger partial charge in [0.05, 0.1) is 6.42 Å². The van der Waals surface area contributed by atoms with Crippen LogP contribution in [-0.2, 0) is 4.79 Å². The molecule has 0 saturated heterocycles. The number of hydrogen-bond acceptors (Lipinski definition) is 4. The Hall–Kier alpha value is -2.63. The Morgan fingerprint density at radius 3 is 2.55 bits per heavy atom. The zero-order valence-corrected chi connectivity index (χ0v) is 12.6. The fourth-order valence-electron chi connectivity index (χ4n) is 2.08. The largest absolute Gasteiger partial charge is 0.481 e. The number of carbonyl (C=O) groups excluding carboxylic acids is 1. The zero-order valence-electron chi connectivity index (χ0n) is 12.6. The van der Waals surface area contributed by atoms with E-state index >= 15 is 0 Å². The van der Waals surface area contributed by atoms with Gasteiger partial charge in [-0.3, -0.25) is 9.59 Å². The van der Waals surface area contributed by atoms with Gasteiger partial charge in [0.1, 0.15) is 5.76 Å². The monoisotopic (exact) mass is 302 g/mol. The van der Waals surface area contributed by atoms with Crippen molar-refractivity contribution in [2.45, 2.75) is 20.3 Å². The van der Waals surface area contributed by atoms with Gasteiger partial charge in [0, 0.05) is 18.7 Å². The number of benzene rings is 1. The van der Waals surface area contributed by atoms with Crippen LogP contribution in [0.5, 0.6) is 0 Å². The van der Waals surface area contributed by atoms with Gasteiger partial charge in [-0.1, -0.05) is 18.2 Å². The molecule has 0 radical (unpaired) electrons. The highest BCUT2D eigenvalue weighted by Gasteiger charge is 2.22. The third-order valence-electron chi connectivity index (χ3n) is 3.28. The van der Waals surface area contributed by atoms with Crippen molar-refractivity contribution in [1.82, 2.24) is 9.88 Å². The second-order valence-corrected chi connectivity index (χ2v) is 4.82. The number of amides is 1. The summed E-state index contributed by atoms with van der Waals surface area (Å²) in [6.45, 7) is 4.04. The van der Waals surface area contributed by atoms with Crippen molar-refractivity contribution in [2.75, 3.05) is 13.1 Å². The molecule has 0 aliphatic rings. The molecule has 22 heavy (non-hydrogen) atoms. The van der Waals surface area contributed by atoms with Gasteiger partial charge in [0.15, 0.2) is 5.69 Å². The fraction of sp³-hybridized carbons (Fsp3) is 0.312. The second-order valence-electron chi connectivity index (χ2n) is 4.82. The van der Waals surface area contributed by atoms with Gasteiger partial charge in [0.2, 0.25) is 5.89 Å². The third kappa shape index (κ3) is 3.52. The summed E-state index contributed by atoms with van der Waals surface area (Å²) < 4.78 is 5.57. The van der Waals surface area contributed by atoms with Crippen molar-refractivity contribution >= 4 is 11.9 Å². The molecule has 0 atom stereocenters. The van der Waals surface area contributed by atoms with Crippen LogP contribution in [-0.4, -0.2) is 40.0 Å². The molecule has 0 aliphatic carbocycles. The van der Waals surface area contributed by atoms with Gasteiger partial charge in [-0.15, -0.1) is 0 Å². The molecule has 6 heteroatoms. The molecule has 6 nitrogen and oxygen atoms in total. The number of carboxylic acids is 1. The van der Waals surface area contributed by atoms with Crippen LogP contribution >= 0.6 is 0 Å². The molecule has 0 unspecified atom stereocenters. The Balaban J connectivity index is 2.22. The van der Waals surface area contributed by atoms with Crippen molar-refractivity contribution in [1.29, 1.82) is 0 Å². The first-order valence-electron chi connectivity index (χ1n) is 7.06. The Labute approximate surface area is 128 Å². The smallest absolute Gasteiger partial charge is 0.305 e. The first-order valence-corrected chi connectivity index (χ1v) is 7.06. The van der Waals surface area contributed by atoms with Gasteiger partial charge >= 0.3 is 5.97 Å². The van der Waals surface area contributed by atoms with E-state index in [4.69, 9.17) is 9.52 Å². The predicted molar refractivity (Wildman–Crippen MR) is 80.5 cm³/mol. The maximum absolute atomic E-state index is 12.5. The molecule has 1 N–H and O–H groups in total. The Kier molecular flexibility index (Phi) is 4.93. The lowest BCUT2D eigenvalue weighted by molar-refractivity contribution is -0.137. The third-order valence-corrected chi connectivity index (χ3v) is 3.28. The topological polar surface area (TPSA) is 83.6 Å². The zero-order chi connectivity index (χ0) is 16.1. The average Bonchev–Trinajstić information content (AvgIpc) is 2.90. The number of carboxylic acid groups (broad SMARTS) is 1. The van der Waals surface area contributed by atoms with E-state index in [1.165, 1.54) is 4.90 Å². The Morgan fingerprint density at radius 1 is 1.27 bits per heavy atom. The summed E-state index contributed by atoms with van der Waals surface area (Å²) in [6, 6.07) is 9.31. The Bertz CT molecular complexity index is 664. The van der Waals surface area contributed by atoms with Crippen LogP contribution in [0.2, 0.25) is 0 Å². The van der Waals surface area contributed by atoms with E-state index in [1.54, 1.807) is 13.8 Å². The van der Waals surface area contributed by atoms with Crippen molar-refractivity contribution in [2.24, 2.45) is 0 Å². The molecule has 0 saturated carbocycles. The van der Waals surface area contributed by atoms with Gasteiger partial charge < -0.3 is 14.4 Å². The fourth-order valence-corrected chi connectivity index (χ4v) is 2.08. The van der Waals surface area contributed by atoms with Crippen molar-refractivity contribution in [3.8, 4) is 11.5 Å². The van der Waals surface area contributed by atoms with Crippen LogP contribution in [0, 0.1) is 6.92 Å². The van der Waals surface area contributed by atoms with Gasteiger partial charge in [-0.25, -0.2) is 4.98 Å². The van der Waals surface area contributed by atoms with E-state index in [2.05, 4.69) is 4.98 Å². The SMILES string of the molecule is CCN(CCC(=O)O)C(=O)c1nc(-c2ccccc2)oc1C. The van der Waals surface area contributed by atoms with Crippen LogP contribution in [0.15, 0.2) is 34.7 Å². The minimum atomic E-state index is -0.937. The number of aryl methyl sites for hydroxylation is 1. The summed E-state index contributed by atoms with van der Waals surface area (Å²) in [6.07, 6.45) is -0.0952. The number of nitrogens with zero attached hydrogens (tertiary/aromatic N) is 2. The lowest BCUT2D eigenvalue weighted by Crippen LogP contribution is -2.33. The summed E-state index contributed by atoms with van der Waals surface area (Å²) in [5.74, 6) is -0.436. The van der Waals surface area contributed by atoms with Crippen molar-refractivity contribution < 1.29 is 19.1 Å². The normalized spacial score (nSPS) is 10.5. The molecule has 1 heterocycles. The molecule has 0 fully saturated rings. The van der Waals surface area contributed by atoms with Gasteiger partial charge in [-0.2, -0.15) is 0 Å². The molecule has 116 valence electrons. The molecule has 2 rings (SSSR count). The van der Waals surface area contributed by atoms with Crippen molar-refractivity contribution in [3.63, 3.8) is 0 Å². The van der Waals surface area contributed by atoms with Crippen LogP contribution in [0.25, 0.3) is 11.5 Å². The van der Waals surface area contributed by atoms with Gasteiger partial charge in [-0.05, 0) is 26.0 Å². The van der Waals surface area contributed by atoms with Crippen LogP contribution in [0.4, 0.5) is 0 Å². The standard InChI is InChI=1S/C16H18N2O4/c1-3-18(10-9-13(19)20)16(21)14-11(2)22-15(17-14)12-7-5-4-6-8-12/h4-8H,3,9-10H2,1-2H3,(H,19,20). The number of aliphatic carboxylic acids is 1. The number of rotatable bonds is 6. The van der Waals surface area contributed by atoms with E-state index in [9.17, 15) is 9.59 Å². The summed E-state index contributed by atoms with van der Waals surface area (Å²) in [4.78, 5) is 28.8. The van der Waals surface area contributed by atoms with E-state index in [0.717, 1.165) is 5.56 Å². The summed E-state index contributed by atoms with van der Waals surface area (Å²) >= 11 is 0. The molecule has 0 aliphatic heterocycles. The molecule has 1 amide bonds.